The summed E-state index contributed by atoms with van der Waals surface area (Å²) < 4.78 is 16.5. The molecule has 2 atom stereocenters. The molecule has 0 bridgehead atoms. The van der Waals surface area contributed by atoms with E-state index in [9.17, 15) is 9.59 Å². The molecular weight excluding hydrogens is 398 g/mol. The minimum Gasteiger partial charge on any atom is -0.468 e. The molecule has 31 heavy (non-hydrogen) atoms. The lowest BCUT2D eigenvalue weighted by Gasteiger charge is -2.34. The molecule has 1 saturated heterocycles. The van der Waals surface area contributed by atoms with Gasteiger partial charge in [-0.15, -0.1) is 0 Å². The van der Waals surface area contributed by atoms with Crippen molar-refractivity contribution < 1.29 is 23.5 Å². The summed E-state index contributed by atoms with van der Waals surface area (Å²) in [5.74, 6) is 0.920. The fourth-order valence-corrected chi connectivity index (χ4v) is 3.64. The van der Waals surface area contributed by atoms with E-state index in [0.717, 1.165) is 11.3 Å². The number of piperazine rings is 1. The lowest BCUT2D eigenvalue weighted by molar-refractivity contribution is -0.138. The molecule has 1 fully saturated rings. The first-order valence-corrected chi connectivity index (χ1v) is 10.6. The average molecular weight is 430 g/mol. The maximum Gasteiger partial charge on any atom is 0.410 e. The molecule has 0 radical (unpaired) electrons. The van der Waals surface area contributed by atoms with E-state index in [2.05, 4.69) is 5.32 Å². The van der Waals surface area contributed by atoms with Gasteiger partial charge in [-0.25, -0.2) is 4.79 Å². The molecule has 1 aromatic carbocycles. The van der Waals surface area contributed by atoms with Gasteiger partial charge in [-0.3, -0.25) is 4.79 Å². The molecule has 0 spiro atoms. The molecule has 2 aromatic rings. The van der Waals surface area contributed by atoms with Crippen molar-refractivity contribution in [3.8, 4) is 0 Å². The number of carbonyl (C=O) groups excluding carboxylic acids is 2. The Bertz CT molecular complexity index is 804. The maximum absolute atomic E-state index is 12.5. The van der Waals surface area contributed by atoms with E-state index in [1.807, 2.05) is 56.4 Å². The molecule has 1 N–H and O–H groups in total. The van der Waals surface area contributed by atoms with Crippen molar-refractivity contribution in [2.45, 2.75) is 19.6 Å². The molecule has 1 aromatic heterocycles. The minimum atomic E-state index is -0.350. The van der Waals surface area contributed by atoms with Gasteiger partial charge in [-0.05, 0) is 24.7 Å². The second-order valence-corrected chi connectivity index (χ2v) is 7.68. The van der Waals surface area contributed by atoms with Crippen LogP contribution < -0.4 is 5.32 Å². The van der Waals surface area contributed by atoms with Gasteiger partial charge in [0.15, 0.2) is 0 Å². The molecule has 0 aliphatic carbocycles. The van der Waals surface area contributed by atoms with Gasteiger partial charge in [0.1, 0.15) is 19.0 Å². The highest BCUT2D eigenvalue weighted by Gasteiger charge is 2.26. The van der Waals surface area contributed by atoms with Crippen molar-refractivity contribution in [1.82, 2.24) is 15.1 Å². The zero-order valence-corrected chi connectivity index (χ0v) is 18.2. The first kappa shape index (κ1) is 22.8. The monoisotopic (exact) mass is 429 g/mol. The lowest BCUT2D eigenvalue weighted by Crippen LogP contribution is -2.51. The van der Waals surface area contributed by atoms with Crippen molar-refractivity contribution in [2.24, 2.45) is 5.92 Å². The summed E-state index contributed by atoms with van der Waals surface area (Å²) in [6.45, 7) is 4.62. The predicted octanol–water partition coefficient (Wildman–Crippen LogP) is 2.67. The Kier molecular flexibility index (Phi) is 8.49. The van der Waals surface area contributed by atoms with Crippen LogP contribution in [0.15, 0.2) is 53.1 Å². The summed E-state index contributed by atoms with van der Waals surface area (Å²) in [7, 11) is 1.87. The van der Waals surface area contributed by atoms with Crippen molar-refractivity contribution >= 4 is 12.0 Å². The molecule has 2 amide bonds. The van der Waals surface area contributed by atoms with Gasteiger partial charge in [-0.2, -0.15) is 0 Å². The van der Waals surface area contributed by atoms with Crippen LogP contribution in [-0.2, 0) is 20.9 Å². The van der Waals surface area contributed by atoms with Crippen LogP contribution in [0.2, 0.25) is 0 Å². The molecule has 8 heteroatoms. The van der Waals surface area contributed by atoms with E-state index < -0.39 is 0 Å². The van der Waals surface area contributed by atoms with E-state index in [1.54, 1.807) is 16.1 Å². The van der Waals surface area contributed by atoms with Crippen LogP contribution in [0.1, 0.15) is 24.3 Å². The fraction of sp³-hybridized carbons (Fsp3) is 0.478. The summed E-state index contributed by atoms with van der Waals surface area (Å²) in [6.07, 6.45) is 1.30. The summed E-state index contributed by atoms with van der Waals surface area (Å²) in [5, 5.41) is 3.22. The van der Waals surface area contributed by atoms with Crippen LogP contribution in [0.4, 0.5) is 4.79 Å². The third-order valence-corrected chi connectivity index (χ3v) is 5.43. The zero-order chi connectivity index (χ0) is 22.1. The van der Waals surface area contributed by atoms with E-state index in [4.69, 9.17) is 13.9 Å². The molecule has 168 valence electrons. The molecular formula is C23H31N3O5. The number of nitrogens with one attached hydrogen (secondary N) is 1. The van der Waals surface area contributed by atoms with Crippen LogP contribution >= 0.6 is 0 Å². The van der Waals surface area contributed by atoms with Crippen molar-refractivity contribution in [2.75, 3.05) is 46.4 Å². The lowest BCUT2D eigenvalue weighted by atomic mass is 10.0. The Labute approximate surface area is 183 Å². The first-order valence-electron chi connectivity index (χ1n) is 10.6. The van der Waals surface area contributed by atoms with Gasteiger partial charge in [-0.1, -0.05) is 37.3 Å². The number of benzene rings is 1. The molecule has 0 saturated carbocycles. The van der Waals surface area contributed by atoms with Crippen molar-refractivity contribution in [3.63, 3.8) is 0 Å². The third kappa shape index (κ3) is 6.57. The number of carbonyl (C=O) groups is 2. The Morgan fingerprint density at radius 1 is 1.06 bits per heavy atom. The van der Waals surface area contributed by atoms with E-state index in [0.29, 0.717) is 32.8 Å². The van der Waals surface area contributed by atoms with Crippen LogP contribution in [-0.4, -0.2) is 68.2 Å². The number of rotatable bonds is 9. The van der Waals surface area contributed by atoms with Crippen LogP contribution in [0.5, 0.6) is 0 Å². The largest absolute Gasteiger partial charge is 0.468 e. The Balaban J connectivity index is 1.34. The number of ether oxygens (including phenoxy) is 2. The second-order valence-electron chi connectivity index (χ2n) is 7.68. The van der Waals surface area contributed by atoms with Crippen LogP contribution in [0.3, 0.4) is 0 Å². The smallest absolute Gasteiger partial charge is 0.410 e. The maximum atomic E-state index is 12.5. The molecule has 3 rings (SSSR count). The summed E-state index contributed by atoms with van der Waals surface area (Å²) in [4.78, 5) is 28.1. The summed E-state index contributed by atoms with van der Waals surface area (Å²) in [5.41, 5.74) is 0.948. The molecule has 2 unspecified atom stereocenters. The van der Waals surface area contributed by atoms with Crippen LogP contribution in [0, 0.1) is 5.92 Å². The van der Waals surface area contributed by atoms with Gasteiger partial charge < -0.3 is 29.0 Å². The Morgan fingerprint density at radius 3 is 2.42 bits per heavy atom. The molecule has 1 aliphatic heterocycles. The third-order valence-electron chi connectivity index (χ3n) is 5.43. The fourth-order valence-electron chi connectivity index (χ4n) is 3.64. The van der Waals surface area contributed by atoms with Crippen LogP contribution in [0.25, 0.3) is 0 Å². The van der Waals surface area contributed by atoms with Gasteiger partial charge in [0.05, 0.1) is 18.9 Å². The normalized spacial score (nSPS) is 16.1. The highest BCUT2D eigenvalue weighted by atomic mass is 16.6. The highest BCUT2D eigenvalue weighted by molar-refractivity contribution is 5.78. The summed E-state index contributed by atoms with van der Waals surface area (Å²) >= 11 is 0. The number of nitrogens with zero attached hydrogens (tertiary/aromatic N) is 2. The number of furan rings is 1. The molecule has 2 heterocycles. The average Bonchev–Trinajstić information content (AvgIpc) is 3.33. The standard InChI is InChI=1S/C23H31N3O5/c1-18(22(24-2)20-9-6-14-30-20)15-29-17-21(27)25-10-12-26(13-11-25)23(28)31-16-19-7-4-3-5-8-19/h3-9,14,18,22,24H,10-13,15-17H2,1-2H3. The second kappa shape index (κ2) is 11.5. The number of hydrogen-bond donors (Lipinski definition) is 1. The van der Waals surface area contributed by atoms with E-state index in [-0.39, 0.29) is 37.2 Å². The molecule has 1 aliphatic rings. The van der Waals surface area contributed by atoms with Gasteiger partial charge >= 0.3 is 6.09 Å². The SMILES string of the molecule is CNC(c1ccco1)C(C)COCC(=O)N1CCN(C(=O)OCc2ccccc2)CC1. The predicted molar refractivity (Wildman–Crippen MR) is 115 cm³/mol. The quantitative estimate of drug-likeness (QED) is 0.660. The van der Waals surface area contributed by atoms with Gasteiger partial charge in [0, 0.05) is 32.1 Å². The highest BCUT2D eigenvalue weighted by Crippen LogP contribution is 2.22. The minimum absolute atomic E-state index is 0.0237. The Morgan fingerprint density at radius 2 is 1.77 bits per heavy atom. The van der Waals surface area contributed by atoms with Gasteiger partial charge in [0.2, 0.25) is 5.91 Å². The van der Waals surface area contributed by atoms with E-state index in [1.165, 1.54) is 0 Å². The van der Waals surface area contributed by atoms with E-state index >= 15 is 0 Å². The number of amides is 2. The van der Waals surface area contributed by atoms with Crippen molar-refractivity contribution in [3.05, 3.63) is 60.1 Å². The van der Waals surface area contributed by atoms with Gasteiger partial charge in [0.25, 0.3) is 0 Å². The van der Waals surface area contributed by atoms with Crippen molar-refractivity contribution in [1.29, 1.82) is 0 Å². The zero-order valence-electron chi connectivity index (χ0n) is 18.2. The summed E-state index contributed by atoms with van der Waals surface area (Å²) in [6, 6.07) is 13.4. The first-order chi connectivity index (χ1) is 15.1. The number of hydrogen-bond acceptors (Lipinski definition) is 6. The topological polar surface area (TPSA) is 84.3 Å². The molecule has 8 nitrogen and oxygen atoms in total. The Hall–Kier alpha value is -2.84.